The van der Waals surface area contributed by atoms with Gasteiger partial charge in [-0.1, -0.05) is 18.2 Å². The molecule has 1 N–H and O–H groups in total. The first-order chi connectivity index (χ1) is 19.6. The van der Waals surface area contributed by atoms with Gasteiger partial charge in [0.1, 0.15) is 22.6 Å². The largest absolute Gasteiger partial charge is 0.492 e. The number of piperazine rings is 1. The number of methoxy groups -OCH3 is 1. The molecule has 2 heterocycles. The molecule has 0 aliphatic carbocycles. The van der Waals surface area contributed by atoms with E-state index >= 15 is 4.39 Å². The number of carbonyl (C=O) groups is 1. The molecule has 1 aliphatic heterocycles. The van der Waals surface area contributed by atoms with Gasteiger partial charge < -0.3 is 29.1 Å². The van der Waals surface area contributed by atoms with Gasteiger partial charge in [0.25, 0.3) is 0 Å². The van der Waals surface area contributed by atoms with Crippen LogP contribution in [-0.2, 0) is 6.54 Å². The molecule has 41 heavy (non-hydrogen) atoms. The number of hydrogen-bond donors (Lipinski definition) is 1. The second kappa shape index (κ2) is 11.2. The second-order valence-corrected chi connectivity index (χ2v) is 10.5. The van der Waals surface area contributed by atoms with Crippen LogP contribution in [-0.4, -0.2) is 67.9 Å². The van der Waals surface area contributed by atoms with Gasteiger partial charge in [0.05, 0.1) is 18.2 Å². The molecule has 5 rings (SSSR count). The SMILES string of the molecule is COc1c(N2CCN(c3ccc(C)cc3F)CC2)c(F)cc2c(=O)c(C(=O)O)cn(-c3ccc(CN(C)C)cc3)c12. The van der Waals surface area contributed by atoms with Crippen LogP contribution in [0.15, 0.2) is 59.5 Å². The van der Waals surface area contributed by atoms with E-state index in [0.29, 0.717) is 44.1 Å². The molecule has 1 aliphatic rings. The van der Waals surface area contributed by atoms with E-state index in [1.165, 1.54) is 19.4 Å². The fourth-order valence-electron chi connectivity index (χ4n) is 5.43. The minimum absolute atomic E-state index is 0.0965. The molecule has 214 valence electrons. The van der Waals surface area contributed by atoms with Gasteiger partial charge >= 0.3 is 5.97 Å². The number of pyridine rings is 1. The van der Waals surface area contributed by atoms with Crippen molar-refractivity contribution in [2.45, 2.75) is 13.5 Å². The number of aromatic nitrogens is 1. The Morgan fingerprint density at radius 2 is 1.63 bits per heavy atom. The zero-order valence-electron chi connectivity index (χ0n) is 23.4. The van der Waals surface area contributed by atoms with Gasteiger partial charge in [-0.05, 0) is 62.5 Å². The summed E-state index contributed by atoms with van der Waals surface area (Å²) in [5.74, 6) is -2.28. The third kappa shape index (κ3) is 5.35. The van der Waals surface area contributed by atoms with Crippen LogP contribution in [0.2, 0.25) is 0 Å². The molecule has 4 aromatic rings. The number of anilines is 2. The summed E-state index contributed by atoms with van der Waals surface area (Å²) in [5, 5.41) is 9.67. The van der Waals surface area contributed by atoms with Crippen LogP contribution in [0.4, 0.5) is 20.2 Å². The van der Waals surface area contributed by atoms with Crippen molar-refractivity contribution in [2.75, 3.05) is 57.2 Å². The quantitative estimate of drug-likeness (QED) is 0.351. The number of halogens is 2. The number of benzene rings is 3. The summed E-state index contributed by atoms with van der Waals surface area (Å²) in [5.41, 5.74) is 2.14. The fourth-order valence-corrected chi connectivity index (χ4v) is 5.43. The Labute approximate surface area is 236 Å². The minimum atomic E-state index is -1.40. The molecule has 1 fully saturated rings. The number of nitrogens with zero attached hydrogens (tertiary/aromatic N) is 4. The number of aromatic carboxylic acids is 1. The number of carboxylic acids is 1. The van der Waals surface area contributed by atoms with Crippen molar-refractivity contribution in [3.63, 3.8) is 0 Å². The lowest BCUT2D eigenvalue weighted by Gasteiger charge is -2.38. The Hall–Kier alpha value is -4.44. The molecule has 0 atom stereocenters. The summed E-state index contributed by atoms with van der Waals surface area (Å²) in [6.07, 6.45) is 1.26. The lowest BCUT2D eigenvalue weighted by Crippen LogP contribution is -2.47. The smallest absolute Gasteiger partial charge is 0.341 e. The Bertz CT molecular complexity index is 1680. The predicted octanol–water partition coefficient (Wildman–Crippen LogP) is 4.67. The number of aryl methyl sites for hydroxylation is 1. The maximum atomic E-state index is 15.8. The van der Waals surface area contributed by atoms with Crippen LogP contribution < -0.4 is 20.0 Å². The van der Waals surface area contributed by atoms with Crippen LogP contribution >= 0.6 is 0 Å². The summed E-state index contributed by atoms with van der Waals surface area (Å²) in [7, 11) is 5.32. The molecule has 10 heteroatoms. The summed E-state index contributed by atoms with van der Waals surface area (Å²) < 4.78 is 37.8. The molecule has 0 radical (unpaired) electrons. The molecule has 0 unspecified atom stereocenters. The number of hydrogen-bond acceptors (Lipinski definition) is 6. The highest BCUT2D eigenvalue weighted by Crippen LogP contribution is 2.40. The van der Waals surface area contributed by atoms with Crippen LogP contribution in [0.25, 0.3) is 16.6 Å². The summed E-state index contributed by atoms with van der Waals surface area (Å²) in [6, 6.07) is 13.7. The molecular weight excluding hydrogens is 530 g/mol. The number of ether oxygens (including phenoxy) is 1. The number of fused-ring (bicyclic) bond motifs is 1. The van der Waals surface area contributed by atoms with Gasteiger partial charge in [-0.15, -0.1) is 0 Å². The molecule has 3 aromatic carbocycles. The third-order valence-electron chi connectivity index (χ3n) is 7.36. The Kier molecular flexibility index (Phi) is 7.68. The summed E-state index contributed by atoms with van der Waals surface area (Å²) in [6.45, 7) is 4.18. The van der Waals surface area contributed by atoms with E-state index in [0.717, 1.165) is 17.2 Å². The molecule has 0 saturated carbocycles. The molecule has 0 spiro atoms. The topological polar surface area (TPSA) is 78.2 Å². The van der Waals surface area contributed by atoms with Crippen LogP contribution in [0, 0.1) is 18.6 Å². The molecule has 8 nitrogen and oxygen atoms in total. The van der Waals surface area contributed by atoms with Crippen molar-refractivity contribution >= 4 is 28.2 Å². The Morgan fingerprint density at radius 3 is 2.22 bits per heavy atom. The highest BCUT2D eigenvalue weighted by molar-refractivity contribution is 5.97. The lowest BCUT2D eigenvalue weighted by atomic mass is 10.1. The monoisotopic (exact) mass is 562 g/mol. The maximum absolute atomic E-state index is 15.8. The first-order valence-corrected chi connectivity index (χ1v) is 13.3. The highest BCUT2D eigenvalue weighted by atomic mass is 19.1. The maximum Gasteiger partial charge on any atom is 0.341 e. The number of rotatable bonds is 7. The van der Waals surface area contributed by atoms with Gasteiger partial charge in [-0.2, -0.15) is 0 Å². The summed E-state index contributed by atoms with van der Waals surface area (Å²) in [4.78, 5) is 31.0. The second-order valence-electron chi connectivity index (χ2n) is 10.5. The van der Waals surface area contributed by atoms with Gasteiger partial charge in [-0.3, -0.25) is 4.79 Å². The van der Waals surface area contributed by atoms with Gasteiger partial charge in [0.15, 0.2) is 11.6 Å². The molecule has 1 saturated heterocycles. The van der Waals surface area contributed by atoms with Crippen molar-refractivity contribution in [2.24, 2.45) is 0 Å². The fraction of sp³-hybridized carbons (Fsp3) is 0.290. The average Bonchev–Trinajstić information content (AvgIpc) is 2.93. The van der Waals surface area contributed by atoms with Gasteiger partial charge in [-0.25, -0.2) is 13.6 Å². The predicted molar refractivity (Wildman–Crippen MR) is 156 cm³/mol. The van der Waals surface area contributed by atoms with E-state index in [-0.39, 0.29) is 28.2 Å². The van der Waals surface area contributed by atoms with Crippen molar-refractivity contribution in [3.05, 3.63) is 93.3 Å². The third-order valence-corrected chi connectivity index (χ3v) is 7.36. The summed E-state index contributed by atoms with van der Waals surface area (Å²) >= 11 is 0. The molecule has 1 aromatic heterocycles. The highest BCUT2D eigenvalue weighted by Gasteiger charge is 2.28. The lowest BCUT2D eigenvalue weighted by molar-refractivity contribution is 0.0695. The van der Waals surface area contributed by atoms with Crippen molar-refractivity contribution in [1.29, 1.82) is 0 Å². The molecule has 0 amide bonds. The zero-order chi connectivity index (χ0) is 29.4. The van der Waals surface area contributed by atoms with Crippen LogP contribution in [0.1, 0.15) is 21.5 Å². The normalized spacial score (nSPS) is 13.7. The van der Waals surface area contributed by atoms with Crippen LogP contribution in [0.3, 0.4) is 0 Å². The Balaban J connectivity index is 1.61. The van der Waals surface area contributed by atoms with E-state index in [2.05, 4.69) is 0 Å². The van der Waals surface area contributed by atoms with Crippen molar-refractivity contribution in [3.8, 4) is 11.4 Å². The van der Waals surface area contributed by atoms with E-state index in [1.807, 2.05) is 66.1 Å². The first kappa shape index (κ1) is 28.1. The first-order valence-electron chi connectivity index (χ1n) is 13.3. The van der Waals surface area contributed by atoms with E-state index in [9.17, 15) is 19.1 Å². The Morgan fingerprint density at radius 1 is 0.976 bits per heavy atom. The van der Waals surface area contributed by atoms with Gasteiger partial charge in [0, 0.05) is 44.6 Å². The zero-order valence-corrected chi connectivity index (χ0v) is 23.4. The van der Waals surface area contributed by atoms with Gasteiger partial charge in [0.2, 0.25) is 5.43 Å². The van der Waals surface area contributed by atoms with Crippen LogP contribution in [0.5, 0.6) is 5.75 Å². The van der Waals surface area contributed by atoms with Crippen molar-refractivity contribution in [1.82, 2.24) is 9.47 Å². The van der Waals surface area contributed by atoms with E-state index < -0.39 is 22.8 Å². The molecule has 0 bridgehead atoms. The minimum Gasteiger partial charge on any atom is -0.492 e. The average molecular weight is 563 g/mol. The molecular formula is C31H32F2N4O4. The van der Waals surface area contributed by atoms with E-state index in [4.69, 9.17) is 4.74 Å². The standard InChI is InChI=1S/C31H32F2N4O4/c1-19-5-10-26(24(32)15-19)35-11-13-36(14-12-35)28-25(33)16-22-27(30(28)41-4)37(18-23(29(22)38)31(39)40)21-8-6-20(7-9-21)17-34(2)3/h5-10,15-16,18H,11-14,17H2,1-4H3,(H,39,40). The van der Waals surface area contributed by atoms with Crippen molar-refractivity contribution < 1.29 is 23.4 Å². The number of carboxylic acid groups (broad SMARTS) is 1. The van der Waals surface area contributed by atoms with E-state index in [1.54, 1.807) is 10.6 Å².